The highest BCUT2D eigenvalue weighted by molar-refractivity contribution is 5.69. The van der Waals surface area contributed by atoms with Gasteiger partial charge in [0.1, 0.15) is 11.4 Å². The van der Waals surface area contributed by atoms with E-state index in [0.29, 0.717) is 18.8 Å². The third-order valence-corrected chi connectivity index (χ3v) is 3.81. The summed E-state index contributed by atoms with van der Waals surface area (Å²) in [5, 5.41) is 4.21. The average molecular weight is 309 g/mol. The minimum absolute atomic E-state index is 0.207. The first-order valence-corrected chi connectivity index (χ1v) is 7.75. The fourth-order valence-corrected chi connectivity index (χ4v) is 2.78. The molecule has 2 heterocycles. The molecule has 0 spiro atoms. The molecule has 2 rings (SSSR count). The number of carbonyl (C=O) groups is 1. The van der Waals surface area contributed by atoms with E-state index in [0.717, 1.165) is 18.8 Å². The Morgan fingerprint density at radius 2 is 2.14 bits per heavy atom. The van der Waals surface area contributed by atoms with E-state index in [4.69, 9.17) is 10.5 Å². The molecule has 1 aliphatic heterocycles. The molecular formula is C15H27N5O2. The van der Waals surface area contributed by atoms with E-state index < -0.39 is 5.60 Å². The first-order chi connectivity index (χ1) is 10.2. The molecule has 0 radical (unpaired) electrons. The fourth-order valence-electron chi connectivity index (χ4n) is 2.78. The van der Waals surface area contributed by atoms with E-state index in [1.165, 1.54) is 0 Å². The molecule has 2 N–H and O–H groups in total. The summed E-state index contributed by atoms with van der Waals surface area (Å²) in [7, 11) is 1.89. The van der Waals surface area contributed by atoms with Gasteiger partial charge in [-0.05, 0) is 27.2 Å². The lowest BCUT2D eigenvalue weighted by atomic mass is 10.1. The Morgan fingerprint density at radius 3 is 2.64 bits per heavy atom. The molecule has 1 fully saturated rings. The fraction of sp³-hybridized carbons (Fsp3) is 0.733. The molecule has 0 saturated carbocycles. The maximum Gasteiger partial charge on any atom is 0.410 e. The minimum Gasteiger partial charge on any atom is -0.444 e. The van der Waals surface area contributed by atoms with E-state index >= 15 is 0 Å². The maximum absolute atomic E-state index is 12.2. The van der Waals surface area contributed by atoms with Crippen molar-refractivity contribution in [1.29, 1.82) is 0 Å². The Hall–Kier alpha value is -1.92. The zero-order chi connectivity index (χ0) is 16.5. The number of rotatable bonds is 2. The lowest BCUT2D eigenvalue weighted by Crippen LogP contribution is -2.56. The van der Waals surface area contributed by atoms with Crippen molar-refractivity contribution in [2.45, 2.75) is 45.8 Å². The van der Waals surface area contributed by atoms with Gasteiger partial charge in [0.05, 0.1) is 11.9 Å². The van der Waals surface area contributed by atoms with Gasteiger partial charge in [-0.3, -0.25) is 4.68 Å². The summed E-state index contributed by atoms with van der Waals surface area (Å²) in [5.41, 5.74) is 6.24. The van der Waals surface area contributed by atoms with Gasteiger partial charge in [-0.1, -0.05) is 6.92 Å². The predicted molar refractivity (Wildman–Crippen MR) is 86.9 cm³/mol. The zero-order valence-corrected chi connectivity index (χ0v) is 14.2. The largest absolute Gasteiger partial charge is 0.444 e. The van der Waals surface area contributed by atoms with Crippen LogP contribution in [0.1, 0.15) is 34.1 Å². The summed E-state index contributed by atoms with van der Waals surface area (Å²) >= 11 is 0. The van der Waals surface area contributed by atoms with E-state index in [1.807, 2.05) is 27.8 Å². The number of nitrogen functional groups attached to an aromatic ring is 1. The van der Waals surface area contributed by atoms with Crippen LogP contribution < -0.4 is 10.6 Å². The number of carbonyl (C=O) groups excluding carboxylic acids is 1. The van der Waals surface area contributed by atoms with Crippen molar-refractivity contribution in [2.75, 3.05) is 30.3 Å². The molecule has 124 valence electrons. The van der Waals surface area contributed by atoms with Crippen LogP contribution in [0.2, 0.25) is 0 Å². The molecule has 1 unspecified atom stereocenters. The summed E-state index contributed by atoms with van der Waals surface area (Å²) in [6.07, 6.45) is 2.34. The van der Waals surface area contributed by atoms with E-state index in [1.54, 1.807) is 15.8 Å². The van der Waals surface area contributed by atoms with Crippen molar-refractivity contribution >= 4 is 17.6 Å². The highest BCUT2D eigenvalue weighted by Crippen LogP contribution is 2.27. The van der Waals surface area contributed by atoms with Crippen molar-refractivity contribution in [3.8, 4) is 0 Å². The molecule has 1 aromatic heterocycles. The predicted octanol–water partition coefficient (Wildman–Crippen LogP) is 1.84. The van der Waals surface area contributed by atoms with Gasteiger partial charge >= 0.3 is 6.09 Å². The highest BCUT2D eigenvalue weighted by atomic mass is 16.6. The smallest absolute Gasteiger partial charge is 0.410 e. The van der Waals surface area contributed by atoms with Crippen LogP contribution in [0.4, 0.5) is 16.3 Å². The van der Waals surface area contributed by atoms with Crippen LogP contribution in [-0.2, 0) is 11.8 Å². The number of nitrogens with zero attached hydrogens (tertiary/aromatic N) is 4. The third kappa shape index (κ3) is 3.45. The Morgan fingerprint density at radius 1 is 1.45 bits per heavy atom. The number of piperazine rings is 1. The van der Waals surface area contributed by atoms with Gasteiger partial charge in [-0.2, -0.15) is 5.10 Å². The summed E-state index contributed by atoms with van der Waals surface area (Å²) in [5.74, 6) is 0.927. The van der Waals surface area contributed by atoms with Crippen molar-refractivity contribution < 1.29 is 9.53 Å². The molecule has 0 aliphatic carbocycles. The molecule has 1 atom stereocenters. The van der Waals surface area contributed by atoms with Gasteiger partial charge in [-0.25, -0.2) is 4.79 Å². The molecule has 1 amide bonds. The molecule has 22 heavy (non-hydrogen) atoms. The summed E-state index contributed by atoms with van der Waals surface area (Å²) < 4.78 is 7.26. The van der Waals surface area contributed by atoms with Crippen LogP contribution in [0.15, 0.2) is 6.20 Å². The number of hydrogen-bond donors (Lipinski definition) is 1. The highest BCUT2D eigenvalue weighted by Gasteiger charge is 2.33. The molecule has 7 heteroatoms. The minimum atomic E-state index is -0.470. The molecule has 1 saturated heterocycles. The first kappa shape index (κ1) is 16.5. The van der Waals surface area contributed by atoms with Crippen LogP contribution in [0.25, 0.3) is 0 Å². The standard InChI is InChI=1S/C15H27N5O2/c1-6-11-10-19(14(21)22-15(2,3)4)7-8-20(11)13-12(16)9-17-18(13)5/h9,11H,6-8,10,16H2,1-5H3. The van der Waals surface area contributed by atoms with E-state index in [-0.39, 0.29) is 12.1 Å². The van der Waals surface area contributed by atoms with Crippen molar-refractivity contribution in [3.05, 3.63) is 6.20 Å². The van der Waals surface area contributed by atoms with Crippen LogP contribution >= 0.6 is 0 Å². The average Bonchev–Trinajstić information content (AvgIpc) is 2.75. The van der Waals surface area contributed by atoms with Crippen molar-refractivity contribution in [2.24, 2.45) is 7.05 Å². The second-order valence-electron chi connectivity index (χ2n) is 6.73. The summed E-state index contributed by atoms with van der Waals surface area (Å²) in [6.45, 7) is 9.74. The van der Waals surface area contributed by atoms with Crippen LogP contribution in [0.5, 0.6) is 0 Å². The van der Waals surface area contributed by atoms with Crippen LogP contribution in [0.3, 0.4) is 0 Å². The lowest BCUT2D eigenvalue weighted by Gasteiger charge is -2.42. The quantitative estimate of drug-likeness (QED) is 0.902. The van der Waals surface area contributed by atoms with Crippen LogP contribution in [-0.4, -0.2) is 52.1 Å². The second kappa shape index (κ2) is 6.06. The van der Waals surface area contributed by atoms with Gasteiger partial charge in [0.15, 0.2) is 0 Å². The lowest BCUT2D eigenvalue weighted by molar-refractivity contribution is 0.0213. The number of aromatic nitrogens is 2. The van der Waals surface area contributed by atoms with Crippen molar-refractivity contribution in [1.82, 2.24) is 14.7 Å². The number of anilines is 2. The Kier molecular flexibility index (Phi) is 4.53. The van der Waals surface area contributed by atoms with E-state index in [9.17, 15) is 4.79 Å². The van der Waals surface area contributed by atoms with Gasteiger partial charge in [0, 0.05) is 32.7 Å². The van der Waals surface area contributed by atoms with Crippen molar-refractivity contribution in [3.63, 3.8) is 0 Å². The Bertz CT molecular complexity index is 515. The number of nitrogens with two attached hydrogens (primary N) is 1. The van der Waals surface area contributed by atoms with E-state index in [2.05, 4.69) is 16.9 Å². The van der Waals surface area contributed by atoms with Gasteiger partial charge in [0.25, 0.3) is 0 Å². The molecule has 1 aromatic rings. The monoisotopic (exact) mass is 309 g/mol. The maximum atomic E-state index is 12.2. The normalized spacial score (nSPS) is 19.4. The topological polar surface area (TPSA) is 76.6 Å². The third-order valence-electron chi connectivity index (χ3n) is 3.81. The SMILES string of the molecule is CCC1CN(C(=O)OC(C)(C)C)CCN1c1c(N)cnn1C. The molecule has 1 aliphatic rings. The van der Waals surface area contributed by atoms with Crippen LogP contribution in [0, 0.1) is 0 Å². The number of amides is 1. The second-order valence-corrected chi connectivity index (χ2v) is 6.73. The molecule has 0 bridgehead atoms. The number of aryl methyl sites for hydroxylation is 1. The van der Waals surface area contributed by atoms with Gasteiger partial charge < -0.3 is 20.3 Å². The number of hydrogen-bond acceptors (Lipinski definition) is 5. The van der Waals surface area contributed by atoms with Gasteiger partial charge in [0.2, 0.25) is 0 Å². The molecule has 0 aromatic carbocycles. The Balaban J connectivity index is 2.10. The first-order valence-electron chi connectivity index (χ1n) is 7.75. The molecular weight excluding hydrogens is 282 g/mol. The summed E-state index contributed by atoms with van der Waals surface area (Å²) in [4.78, 5) is 16.3. The van der Waals surface area contributed by atoms with Gasteiger partial charge in [-0.15, -0.1) is 0 Å². The zero-order valence-electron chi connectivity index (χ0n) is 14.2. The molecule has 7 nitrogen and oxygen atoms in total. The summed E-state index contributed by atoms with van der Waals surface area (Å²) in [6, 6.07) is 0.207. The number of ether oxygens (including phenoxy) is 1. The Labute approximate surface area is 132 Å².